The molecule has 1 aromatic carbocycles. The molecule has 3 rings (SSSR count). The van der Waals surface area contributed by atoms with E-state index in [2.05, 4.69) is 5.32 Å². The molecular formula is C16H19NO3S. The van der Waals surface area contributed by atoms with Crippen molar-refractivity contribution in [3.63, 3.8) is 0 Å². The summed E-state index contributed by atoms with van der Waals surface area (Å²) in [6.07, 6.45) is 2.44. The molecule has 1 fully saturated rings. The van der Waals surface area contributed by atoms with Crippen LogP contribution in [0.1, 0.15) is 29.9 Å². The summed E-state index contributed by atoms with van der Waals surface area (Å²) in [6, 6.07) is 11.1. The first-order valence-corrected chi connectivity index (χ1v) is 8.78. The van der Waals surface area contributed by atoms with Crippen molar-refractivity contribution in [1.82, 2.24) is 5.32 Å². The molecule has 0 spiro atoms. The molecule has 21 heavy (non-hydrogen) atoms. The Morgan fingerprint density at radius 3 is 2.43 bits per heavy atom. The molecule has 0 bridgehead atoms. The number of furan rings is 1. The molecule has 1 N–H and O–H groups in total. The van der Waals surface area contributed by atoms with E-state index in [-0.39, 0.29) is 5.75 Å². The van der Waals surface area contributed by atoms with Crippen LogP contribution in [0, 0.1) is 6.92 Å². The molecule has 5 heteroatoms. The molecule has 0 saturated heterocycles. The zero-order chi connectivity index (χ0) is 14.9. The van der Waals surface area contributed by atoms with E-state index >= 15 is 0 Å². The van der Waals surface area contributed by atoms with Crippen molar-refractivity contribution in [2.24, 2.45) is 0 Å². The Morgan fingerprint density at radius 2 is 1.76 bits per heavy atom. The summed E-state index contributed by atoms with van der Waals surface area (Å²) in [5, 5.41) is 3.34. The van der Waals surface area contributed by atoms with Gasteiger partial charge in [0.2, 0.25) is 0 Å². The van der Waals surface area contributed by atoms with Gasteiger partial charge < -0.3 is 9.73 Å². The summed E-state index contributed by atoms with van der Waals surface area (Å²) in [5.41, 5.74) is 1.04. The summed E-state index contributed by atoms with van der Waals surface area (Å²) in [4.78, 5) is 0.335. The second-order valence-corrected chi connectivity index (χ2v) is 7.58. The second-order valence-electron chi connectivity index (χ2n) is 5.60. The van der Waals surface area contributed by atoms with Crippen LogP contribution in [0.3, 0.4) is 0 Å². The topological polar surface area (TPSA) is 59.3 Å². The molecule has 1 heterocycles. The van der Waals surface area contributed by atoms with Crippen molar-refractivity contribution < 1.29 is 12.8 Å². The predicted octanol–water partition coefficient (Wildman–Crippen LogP) is 2.81. The first-order chi connectivity index (χ1) is 10.0. The minimum absolute atomic E-state index is 0.0977. The molecule has 0 aliphatic heterocycles. The highest BCUT2D eigenvalue weighted by Gasteiger charge is 2.21. The van der Waals surface area contributed by atoms with Crippen LogP contribution >= 0.6 is 0 Å². The number of aryl methyl sites for hydroxylation is 1. The molecule has 2 aromatic rings. The summed E-state index contributed by atoms with van der Waals surface area (Å²) in [6.45, 7) is 2.59. The summed E-state index contributed by atoms with van der Waals surface area (Å²) in [7, 11) is -3.35. The molecule has 1 aliphatic carbocycles. The third-order valence-corrected chi connectivity index (χ3v) is 5.23. The maximum absolute atomic E-state index is 12.3. The monoisotopic (exact) mass is 305 g/mol. The number of hydrogen-bond acceptors (Lipinski definition) is 4. The SMILES string of the molecule is Cc1ccc(S(=O)(=O)Cc2ccc(CNC3CC3)o2)cc1. The lowest BCUT2D eigenvalue weighted by molar-refractivity contribution is 0.455. The van der Waals surface area contributed by atoms with Gasteiger partial charge in [0.1, 0.15) is 17.3 Å². The zero-order valence-corrected chi connectivity index (χ0v) is 12.8. The molecular weight excluding hydrogens is 286 g/mol. The molecule has 0 unspecified atom stereocenters. The van der Waals surface area contributed by atoms with Gasteiger partial charge in [-0.2, -0.15) is 0 Å². The second kappa shape index (κ2) is 5.66. The van der Waals surface area contributed by atoms with Gasteiger partial charge in [0.15, 0.2) is 9.84 Å². The zero-order valence-electron chi connectivity index (χ0n) is 12.0. The van der Waals surface area contributed by atoms with Crippen molar-refractivity contribution in [3.8, 4) is 0 Å². The van der Waals surface area contributed by atoms with Crippen LogP contribution in [0.2, 0.25) is 0 Å². The average molecular weight is 305 g/mol. The molecule has 0 atom stereocenters. The summed E-state index contributed by atoms with van der Waals surface area (Å²) >= 11 is 0. The third kappa shape index (κ3) is 3.74. The largest absolute Gasteiger partial charge is 0.464 e. The Balaban J connectivity index is 1.68. The van der Waals surface area contributed by atoms with Crippen LogP contribution in [0.25, 0.3) is 0 Å². The minimum Gasteiger partial charge on any atom is -0.464 e. The van der Waals surface area contributed by atoms with E-state index < -0.39 is 9.84 Å². The van der Waals surface area contributed by atoms with E-state index in [1.807, 2.05) is 13.0 Å². The number of rotatable bonds is 6. The first-order valence-electron chi connectivity index (χ1n) is 7.13. The van der Waals surface area contributed by atoms with E-state index in [1.165, 1.54) is 12.8 Å². The van der Waals surface area contributed by atoms with Crippen molar-refractivity contribution >= 4 is 9.84 Å². The number of sulfone groups is 1. The molecule has 4 nitrogen and oxygen atoms in total. The Morgan fingerprint density at radius 1 is 1.10 bits per heavy atom. The van der Waals surface area contributed by atoms with E-state index in [9.17, 15) is 8.42 Å². The van der Waals surface area contributed by atoms with Crippen LogP contribution in [0.5, 0.6) is 0 Å². The Labute approximate surface area is 125 Å². The van der Waals surface area contributed by atoms with Crippen molar-refractivity contribution in [3.05, 3.63) is 53.5 Å². The highest BCUT2D eigenvalue weighted by molar-refractivity contribution is 7.90. The highest BCUT2D eigenvalue weighted by Crippen LogP contribution is 2.21. The van der Waals surface area contributed by atoms with E-state index in [0.717, 1.165) is 11.3 Å². The predicted molar refractivity (Wildman–Crippen MR) is 80.6 cm³/mol. The molecule has 0 amide bonds. The van der Waals surface area contributed by atoms with Gasteiger partial charge in [-0.1, -0.05) is 17.7 Å². The first kappa shape index (κ1) is 14.4. The lowest BCUT2D eigenvalue weighted by atomic mass is 10.2. The van der Waals surface area contributed by atoms with Crippen LogP contribution < -0.4 is 5.32 Å². The Kier molecular flexibility index (Phi) is 3.87. The van der Waals surface area contributed by atoms with E-state index in [1.54, 1.807) is 30.3 Å². The van der Waals surface area contributed by atoms with Gasteiger partial charge in [-0.3, -0.25) is 0 Å². The Bertz CT molecular complexity index is 712. The van der Waals surface area contributed by atoms with Crippen molar-refractivity contribution in [2.75, 3.05) is 0 Å². The van der Waals surface area contributed by atoms with Crippen LogP contribution in [-0.4, -0.2) is 14.5 Å². The van der Waals surface area contributed by atoms with Gasteiger partial charge >= 0.3 is 0 Å². The molecule has 1 aromatic heterocycles. The van der Waals surface area contributed by atoms with Crippen LogP contribution in [0.4, 0.5) is 0 Å². The van der Waals surface area contributed by atoms with Crippen LogP contribution in [0.15, 0.2) is 45.7 Å². The maximum atomic E-state index is 12.3. The fraction of sp³-hybridized carbons (Fsp3) is 0.375. The molecule has 112 valence electrons. The van der Waals surface area contributed by atoms with Gasteiger partial charge in [-0.15, -0.1) is 0 Å². The van der Waals surface area contributed by atoms with E-state index in [0.29, 0.717) is 23.2 Å². The van der Waals surface area contributed by atoms with Gasteiger partial charge in [-0.25, -0.2) is 8.42 Å². The lowest BCUT2D eigenvalue weighted by Gasteiger charge is -2.03. The van der Waals surface area contributed by atoms with Crippen molar-refractivity contribution in [1.29, 1.82) is 0 Å². The number of benzene rings is 1. The average Bonchev–Trinajstić information content (AvgIpc) is 3.17. The lowest BCUT2D eigenvalue weighted by Crippen LogP contribution is -2.14. The summed E-state index contributed by atoms with van der Waals surface area (Å²) in [5.74, 6) is 1.18. The van der Waals surface area contributed by atoms with Crippen LogP contribution in [-0.2, 0) is 22.1 Å². The molecule has 0 radical (unpaired) electrons. The number of nitrogens with one attached hydrogen (secondary N) is 1. The molecule has 1 aliphatic rings. The molecule has 1 saturated carbocycles. The van der Waals surface area contributed by atoms with E-state index in [4.69, 9.17) is 4.42 Å². The van der Waals surface area contributed by atoms with Gasteiger partial charge in [-0.05, 0) is 44.0 Å². The summed E-state index contributed by atoms with van der Waals surface area (Å²) < 4.78 is 30.2. The van der Waals surface area contributed by atoms with Gasteiger partial charge in [0.05, 0.1) is 11.4 Å². The third-order valence-electron chi connectivity index (χ3n) is 3.57. The van der Waals surface area contributed by atoms with Crippen molar-refractivity contribution in [2.45, 2.75) is 43.0 Å². The minimum atomic E-state index is -3.35. The highest BCUT2D eigenvalue weighted by atomic mass is 32.2. The van der Waals surface area contributed by atoms with Gasteiger partial charge in [0, 0.05) is 6.04 Å². The Hall–Kier alpha value is -1.59. The standard InChI is InChI=1S/C16H19NO3S/c1-12-2-8-16(9-3-12)21(18,19)11-15-7-6-14(20-15)10-17-13-4-5-13/h2-3,6-9,13,17H,4-5,10-11H2,1H3. The normalized spacial score (nSPS) is 15.3. The number of hydrogen-bond donors (Lipinski definition) is 1. The fourth-order valence-electron chi connectivity index (χ4n) is 2.14. The smallest absolute Gasteiger partial charge is 0.185 e. The van der Waals surface area contributed by atoms with Gasteiger partial charge in [0.25, 0.3) is 0 Å². The maximum Gasteiger partial charge on any atom is 0.185 e. The fourth-order valence-corrected chi connectivity index (χ4v) is 3.39. The quantitative estimate of drug-likeness (QED) is 0.891.